The van der Waals surface area contributed by atoms with Gasteiger partial charge in [0.1, 0.15) is 11.5 Å². The predicted molar refractivity (Wildman–Crippen MR) is 135 cm³/mol. The molecule has 2 aromatic carbocycles. The van der Waals surface area contributed by atoms with Crippen molar-refractivity contribution >= 4 is 0 Å². The van der Waals surface area contributed by atoms with E-state index in [0.717, 1.165) is 37.6 Å². The van der Waals surface area contributed by atoms with Gasteiger partial charge in [0.15, 0.2) is 7.14 Å². The standard InChI is InChI=1S/C28H42IO2.CH4/c1-3-5-7-9-11-13-23-30-27-19-15-25(16-20-27)29-26-17-21-28(22-18-26)31-24-14-12-10-8-6-4-2;/h15-22H,3-14,23-24H2,1-2H3;1H4/q+1;. The van der Waals surface area contributed by atoms with Crippen LogP contribution in [-0.4, -0.2) is 13.2 Å². The van der Waals surface area contributed by atoms with Crippen LogP contribution < -0.4 is 30.7 Å². The number of benzene rings is 2. The molecule has 0 heterocycles. The molecule has 3 heteroatoms. The van der Waals surface area contributed by atoms with E-state index in [1.165, 1.54) is 71.3 Å². The van der Waals surface area contributed by atoms with Gasteiger partial charge < -0.3 is 9.47 Å². The molecule has 0 radical (unpaired) electrons. The average Bonchev–Trinajstić information content (AvgIpc) is 2.80. The molecule has 2 aromatic rings. The van der Waals surface area contributed by atoms with Crippen LogP contribution in [0.3, 0.4) is 0 Å². The van der Waals surface area contributed by atoms with Crippen molar-refractivity contribution in [2.75, 3.05) is 13.2 Å². The van der Waals surface area contributed by atoms with Gasteiger partial charge in [0.2, 0.25) is 0 Å². The van der Waals surface area contributed by atoms with Crippen LogP contribution in [0.4, 0.5) is 0 Å². The second-order valence-electron chi connectivity index (χ2n) is 8.23. The maximum Gasteiger partial charge on any atom is 0.357 e. The van der Waals surface area contributed by atoms with Gasteiger partial charge in [0.25, 0.3) is 0 Å². The van der Waals surface area contributed by atoms with Gasteiger partial charge in [-0.05, 0) is 61.4 Å². The van der Waals surface area contributed by atoms with Gasteiger partial charge >= 0.3 is 21.2 Å². The number of hydrogen-bond acceptors (Lipinski definition) is 2. The molecule has 2 nitrogen and oxygen atoms in total. The van der Waals surface area contributed by atoms with Gasteiger partial charge in [0.05, 0.1) is 13.2 Å². The Labute approximate surface area is 208 Å². The minimum Gasteiger partial charge on any atom is -0.494 e. The van der Waals surface area contributed by atoms with Gasteiger partial charge in [-0.3, -0.25) is 0 Å². The molecule has 0 aromatic heterocycles. The first-order valence-corrected chi connectivity index (χ1v) is 14.6. The number of unbranched alkanes of at least 4 members (excludes halogenated alkanes) is 10. The molecule has 0 N–H and O–H groups in total. The van der Waals surface area contributed by atoms with Gasteiger partial charge in [-0.2, -0.15) is 0 Å². The normalized spacial score (nSPS) is 10.6. The molecule has 0 fully saturated rings. The lowest BCUT2D eigenvalue weighted by atomic mass is 10.1. The second-order valence-corrected chi connectivity index (χ2v) is 11.3. The summed E-state index contributed by atoms with van der Waals surface area (Å²) in [5, 5.41) is 0. The molecular formula is C29H46IO2+. The van der Waals surface area contributed by atoms with Crippen LogP contribution in [0.15, 0.2) is 48.5 Å². The highest BCUT2D eigenvalue weighted by molar-refractivity contribution is 5.22. The third-order valence-electron chi connectivity index (χ3n) is 5.38. The molecule has 0 saturated heterocycles. The fraction of sp³-hybridized carbons (Fsp3) is 0.586. The molecule has 0 saturated carbocycles. The van der Waals surface area contributed by atoms with Gasteiger partial charge in [0, 0.05) is 0 Å². The molecule has 180 valence electrons. The lowest BCUT2D eigenvalue weighted by molar-refractivity contribution is -0.597. The van der Waals surface area contributed by atoms with E-state index >= 15 is 0 Å². The number of rotatable bonds is 18. The summed E-state index contributed by atoms with van der Waals surface area (Å²) in [6.45, 7) is 6.19. The Hall–Kier alpha value is -1.23. The predicted octanol–water partition coefficient (Wildman–Crippen LogP) is 5.93. The van der Waals surface area contributed by atoms with Crippen LogP contribution in [0.25, 0.3) is 0 Å². The van der Waals surface area contributed by atoms with Crippen LogP contribution in [-0.2, 0) is 0 Å². The maximum atomic E-state index is 5.90. The Bertz CT molecular complexity index is 607. The van der Waals surface area contributed by atoms with E-state index in [1.807, 2.05) is 0 Å². The maximum absolute atomic E-state index is 5.90. The van der Waals surface area contributed by atoms with Crippen molar-refractivity contribution in [2.24, 2.45) is 0 Å². The highest BCUT2D eigenvalue weighted by Crippen LogP contribution is 2.12. The summed E-state index contributed by atoms with van der Waals surface area (Å²) in [6, 6.07) is 17.4. The van der Waals surface area contributed by atoms with E-state index in [-0.39, 0.29) is 28.6 Å². The van der Waals surface area contributed by atoms with Gasteiger partial charge in [-0.15, -0.1) is 0 Å². The lowest BCUT2D eigenvalue weighted by Crippen LogP contribution is -3.61. The van der Waals surface area contributed by atoms with Crippen molar-refractivity contribution in [3.63, 3.8) is 0 Å². The molecule has 0 bridgehead atoms. The largest absolute Gasteiger partial charge is 0.494 e. The first-order valence-electron chi connectivity index (χ1n) is 12.4. The van der Waals surface area contributed by atoms with E-state index in [1.54, 1.807) is 0 Å². The van der Waals surface area contributed by atoms with Gasteiger partial charge in [-0.25, -0.2) is 0 Å². The Morgan fingerprint density at radius 3 is 1.22 bits per heavy atom. The Morgan fingerprint density at radius 1 is 0.500 bits per heavy atom. The SMILES string of the molecule is C.CCCCCCCCOc1ccc([I+]c2ccc(OCCCCCCCC)cc2)cc1. The molecule has 0 spiro atoms. The van der Waals surface area contributed by atoms with Crippen molar-refractivity contribution in [3.05, 3.63) is 55.7 Å². The zero-order chi connectivity index (χ0) is 22.0. The topological polar surface area (TPSA) is 18.5 Å². The fourth-order valence-corrected chi connectivity index (χ4v) is 5.62. The van der Waals surface area contributed by atoms with E-state index in [9.17, 15) is 0 Å². The minimum absolute atomic E-state index is 0. The van der Waals surface area contributed by atoms with Crippen LogP contribution in [0.2, 0.25) is 0 Å². The molecule has 0 atom stereocenters. The van der Waals surface area contributed by atoms with Crippen molar-refractivity contribution in [1.29, 1.82) is 0 Å². The Balaban J connectivity index is 0.00000512. The monoisotopic (exact) mass is 553 g/mol. The third-order valence-corrected chi connectivity index (χ3v) is 8.06. The van der Waals surface area contributed by atoms with Crippen molar-refractivity contribution in [2.45, 2.75) is 98.3 Å². The number of hydrogen-bond donors (Lipinski definition) is 0. The highest BCUT2D eigenvalue weighted by atomic mass is 127. The highest BCUT2D eigenvalue weighted by Gasteiger charge is 2.15. The smallest absolute Gasteiger partial charge is 0.357 e. The second kappa shape index (κ2) is 19.3. The summed E-state index contributed by atoms with van der Waals surface area (Å²) in [4.78, 5) is 0. The van der Waals surface area contributed by atoms with Crippen LogP contribution >= 0.6 is 0 Å². The van der Waals surface area contributed by atoms with Crippen LogP contribution in [0, 0.1) is 7.14 Å². The quantitative estimate of drug-likeness (QED) is 0.168. The van der Waals surface area contributed by atoms with E-state index in [4.69, 9.17) is 9.47 Å². The first-order chi connectivity index (χ1) is 15.3. The average molecular weight is 554 g/mol. The molecule has 0 aliphatic rings. The summed E-state index contributed by atoms with van der Waals surface area (Å²) in [7, 11) is 0. The summed E-state index contributed by atoms with van der Waals surface area (Å²) in [6.07, 6.45) is 15.6. The molecule has 0 unspecified atom stereocenters. The van der Waals surface area contributed by atoms with Crippen LogP contribution in [0.5, 0.6) is 11.5 Å². The molecule has 0 aliphatic heterocycles. The van der Waals surface area contributed by atoms with E-state index in [2.05, 4.69) is 62.4 Å². The minimum atomic E-state index is -0.160. The molecule has 2 rings (SSSR count). The first kappa shape index (κ1) is 28.8. The molecule has 0 aliphatic carbocycles. The molecule has 0 amide bonds. The summed E-state index contributed by atoms with van der Waals surface area (Å²) in [5.74, 6) is 2.00. The van der Waals surface area contributed by atoms with Gasteiger partial charge in [-0.1, -0.05) is 85.5 Å². The summed E-state index contributed by atoms with van der Waals surface area (Å²) >= 11 is -0.160. The fourth-order valence-electron chi connectivity index (χ4n) is 3.46. The zero-order valence-electron chi connectivity index (χ0n) is 19.7. The lowest BCUT2D eigenvalue weighted by Gasteiger charge is -2.06. The van der Waals surface area contributed by atoms with Crippen LogP contribution in [0.1, 0.15) is 98.3 Å². The molecular weight excluding hydrogens is 507 g/mol. The van der Waals surface area contributed by atoms with E-state index < -0.39 is 0 Å². The van der Waals surface area contributed by atoms with Crippen molar-refractivity contribution in [1.82, 2.24) is 0 Å². The Morgan fingerprint density at radius 2 is 0.844 bits per heavy atom. The van der Waals surface area contributed by atoms with E-state index in [0.29, 0.717) is 0 Å². The Kier molecular flexibility index (Phi) is 17.3. The third kappa shape index (κ3) is 13.3. The summed E-state index contributed by atoms with van der Waals surface area (Å²) < 4.78 is 14.7. The van der Waals surface area contributed by atoms with Crippen molar-refractivity contribution in [3.8, 4) is 11.5 Å². The number of ether oxygens (including phenoxy) is 2. The van der Waals surface area contributed by atoms with Crippen molar-refractivity contribution < 1.29 is 30.7 Å². The zero-order valence-corrected chi connectivity index (χ0v) is 21.9. The molecule has 32 heavy (non-hydrogen) atoms. The summed E-state index contributed by atoms with van der Waals surface area (Å²) in [5.41, 5.74) is 0. The number of halogens is 1.